The van der Waals surface area contributed by atoms with Crippen molar-refractivity contribution >= 4 is 21.8 Å². The molecule has 7 heteroatoms. The first-order valence-electron chi connectivity index (χ1n) is 10.6. The largest absolute Gasteiger partial charge is 0.481 e. The number of aromatic amines is 1. The molecular formula is C24H26N4O3. The molecule has 0 radical (unpaired) electrons. The first kappa shape index (κ1) is 19.8. The van der Waals surface area contributed by atoms with E-state index in [9.17, 15) is 4.79 Å². The summed E-state index contributed by atoms with van der Waals surface area (Å²) in [5.41, 5.74) is 5.70. The Morgan fingerprint density at radius 1 is 1.23 bits per heavy atom. The number of nitrogens with one attached hydrogen (secondary N) is 1. The normalized spacial score (nSPS) is 19.2. The third-order valence-corrected chi connectivity index (χ3v) is 6.42. The van der Waals surface area contributed by atoms with E-state index in [1.54, 1.807) is 13.3 Å². The number of ether oxygens (including phenoxy) is 2. The van der Waals surface area contributed by atoms with Crippen LogP contribution >= 0.6 is 0 Å². The van der Waals surface area contributed by atoms with Gasteiger partial charge in [-0.2, -0.15) is 5.10 Å². The van der Waals surface area contributed by atoms with Crippen LogP contribution < -0.4 is 10.3 Å². The molecule has 5 rings (SSSR count). The molecule has 31 heavy (non-hydrogen) atoms. The number of aromatic nitrogens is 4. The number of fused-ring (bicyclic) bond motifs is 3. The molecule has 1 aliphatic rings. The summed E-state index contributed by atoms with van der Waals surface area (Å²) < 4.78 is 13.1. The SMILES string of the molecule is COc1ncc(C)c(-c2ccc3c(c2)[nH]c(=O)c2cnn([C@@H]4CCOC[C@@H]4C)c23)c1C. The Labute approximate surface area is 180 Å². The van der Waals surface area contributed by atoms with E-state index >= 15 is 0 Å². The Bertz CT molecular complexity index is 1350. The fourth-order valence-electron chi connectivity index (χ4n) is 4.85. The predicted octanol–water partition coefficient (Wildman–Crippen LogP) is 4.16. The zero-order valence-corrected chi connectivity index (χ0v) is 18.2. The molecule has 0 unspecified atom stereocenters. The lowest BCUT2D eigenvalue weighted by molar-refractivity contribution is 0.0264. The highest BCUT2D eigenvalue weighted by Crippen LogP contribution is 2.35. The van der Waals surface area contributed by atoms with Crippen molar-refractivity contribution in [3.63, 3.8) is 0 Å². The van der Waals surface area contributed by atoms with E-state index in [4.69, 9.17) is 9.47 Å². The first-order chi connectivity index (χ1) is 15.0. The second-order valence-electron chi connectivity index (χ2n) is 8.42. The van der Waals surface area contributed by atoms with Crippen molar-refractivity contribution < 1.29 is 9.47 Å². The minimum atomic E-state index is -0.119. The highest BCUT2D eigenvalue weighted by Gasteiger charge is 2.27. The number of aryl methyl sites for hydroxylation is 1. The van der Waals surface area contributed by atoms with E-state index in [1.807, 2.05) is 30.8 Å². The maximum Gasteiger partial charge on any atom is 0.259 e. The second-order valence-corrected chi connectivity index (χ2v) is 8.42. The smallest absolute Gasteiger partial charge is 0.259 e. The van der Waals surface area contributed by atoms with Crippen LogP contribution in [0.4, 0.5) is 0 Å². The lowest BCUT2D eigenvalue weighted by Crippen LogP contribution is -2.28. The van der Waals surface area contributed by atoms with Gasteiger partial charge in [0.1, 0.15) is 0 Å². The van der Waals surface area contributed by atoms with Crippen LogP contribution in [0.1, 0.15) is 30.5 Å². The molecule has 1 saturated heterocycles. The minimum Gasteiger partial charge on any atom is -0.481 e. The first-order valence-corrected chi connectivity index (χ1v) is 10.6. The molecule has 1 fully saturated rings. The van der Waals surface area contributed by atoms with Crippen LogP contribution in [0.5, 0.6) is 5.88 Å². The Morgan fingerprint density at radius 3 is 2.84 bits per heavy atom. The highest BCUT2D eigenvalue weighted by molar-refractivity contribution is 6.04. The van der Waals surface area contributed by atoms with Crippen LogP contribution in [0, 0.1) is 19.8 Å². The summed E-state index contributed by atoms with van der Waals surface area (Å²) in [4.78, 5) is 20.3. The van der Waals surface area contributed by atoms with Gasteiger partial charge in [-0.05, 0) is 43.0 Å². The number of nitrogens with zero attached hydrogens (tertiary/aromatic N) is 3. The topological polar surface area (TPSA) is 82.0 Å². The molecule has 0 spiro atoms. The van der Waals surface area contributed by atoms with Gasteiger partial charge in [0, 0.05) is 29.7 Å². The minimum absolute atomic E-state index is 0.119. The van der Waals surface area contributed by atoms with E-state index in [0.29, 0.717) is 30.4 Å². The zero-order valence-electron chi connectivity index (χ0n) is 18.2. The fraction of sp³-hybridized carbons (Fsp3) is 0.375. The van der Waals surface area contributed by atoms with Crippen molar-refractivity contribution in [2.75, 3.05) is 20.3 Å². The quantitative estimate of drug-likeness (QED) is 0.540. The van der Waals surface area contributed by atoms with E-state index in [0.717, 1.165) is 45.1 Å². The number of methoxy groups -OCH3 is 1. The van der Waals surface area contributed by atoms with Gasteiger partial charge in [0.2, 0.25) is 5.88 Å². The number of benzene rings is 1. The van der Waals surface area contributed by atoms with Gasteiger partial charge in [0.05, 0.1) is 42.4 Å². The lowest BCUT2D eigenvalue weighted by Gasteiger charge is -2.29. The van der Waals surface area contributed by atoms with E-state index in [1.165, 1.54) is 0 Å². The summed E-state index contributed by atoms with van der Waals surface area (Å²) in [5.74, 6) is 0.941. The maximum absolute atomic E-state index is 12.9. The van der Waals surface area contributed by atoms with Crippen molar-refractivity contribution in [2.24, 2.45) is 5.92 Å². The van der Waals surface area contributed by atoms with E-state index in [-0.39, 0.29) is 11.6 Å². The molecule has 3 aromatic heterocycles. The Hall–Kier alpha value is -3.19. The average molecular weight is 418 g/mol. The molecule has 2 atom stereocenters. The molecule has 7 nitrogen and oxygen atoms in total. The number of pyridine rings is 2. The van der Waals surface area contributed by atoms with Crippen LogP contribution in [-0.2, 0) is 4.74 Å². The number of hydrogen-bond acceptors (Lipinski definition) is 5. The molecule has 4 heterocycles. The fourth-order valence-corrected chi connectivity index (χ4v) is 4.85. The summed E-state index contributed by atoms with van der Waals surface area (Å²) in [6.07, 6.45) is 4.39. The lowest BCUT2D eigenvalue weighted by atomic mass is 9.95. The van der Waals surface area contributed by atoms with Crippen molar-refractivity contribution in [1.29, 1.82) is 0 Å². The van der Waals surface area contributed by atoms with Crippen LogP contribution in [0.2, 0.25) is 0 Å². The van der Waals surface area contributed by atoms with Crippen LogP contribution in [-0.4, -0.2) is 40.1 Å². The number of H-pyrrole nitrogens is 1. The van der Waals surface area contributed by atoms with E-state index in [2.05, 4.69) is 34.1 Å². The predicted molar refractivity (Wildman–Crippen MR) is 121 cm³/mol. The summed E-state index contributed by atoms with van der Waals surface area (Å²) >= 11 is 0. The zero-order chi connectivity index (χ0) is 21.7. The van der Waals surface area contributed by atoms with Crippen LogP contribution in [0.25, 0.3) is 32.9 Å². The van der Waals surface area contributed by atoms with Gasteiger partial charge >= 0.3 is 0 Å². The second kappa shape index (κ2) is 7.50. The third kappa shape index (κ3) is 3.11. The van der Waals surface area contributed by atoms with E-state index < -0.39 is 0 Å². The van der Waals surface area contributed by atoms with Gasteiger partial charge in [-0.15, -0.1) is 0 Å². The molecule has 160 valence electrons. The molecule has 1 aromatic carbocycles. The highest BCUT2D eigenvalue weighted by atomic mass is 16.5. The van der Waals surface area contributed by atoms with Gasteiger partial charge in [0.15, 0.2) is 0 Å². The summed E-state index contributed by atoms with van der Waals surface area (Å²) in [5, 5.41) is 6.24. The van der Waals surface area contributed by atoms with Crippen LogP contribution in [0.3, 0.4) is 0 Å². The standard InChI is InChI=1S/C24H26N4O3/c1-13-10-25-24(30-4)15(3)21(13)16-5-6-17-19(9-16)27-23(29)18-11-26-28(22(17)18)20-7-8-31-12-14(20)2/h5-6,9-11,14,20H,7-8,12H2,1-4H3,(H,27,29)/t14-,20+/m0/s1. The number of hydrogen-bond donors (Lipinski definition) is 1. The van der Waals surface area contributed by atoms with Gasteiger partial charge in [0.25, 0.3) is 5.56 Å². The van der Waals surface area contributed by atoms with Crippen molar-refractivity contribution in [1.82, 2.24) is 19.7 Å². The summed E-state index contributed by atoms with van der Waals surface area (Å²) in [6.45, 7) is 7.63. The van der Waals surface area contributed by atoms with Gasteiger partial charge in [-0.3, -0.25) is 9.48 Å². The molecule has 4 aromatic rings. The molecule has 0 amide bonds. The third-order valence-electron chi connectivity index (χ3n) is 6.42. The summed E-state index contributed by atoms with van der Waals surface area (Å²) in [7, 11) is 1.63. The van der Waals surface area contributed by atoms with Gasteiger partial charge < -0.3 is 14.5 Å². The monoisotopic (exact) mass is 418 g/mol. The molecule has 0 aliphatic carbocycles. The van der Waals surface area contributed by atoms with Gasteiger partial charge in [-0.25, -0.2) is 4.98 Å². The molecule has 0 bridgehead atoms. The van der Waals surface area contributed by atoms with Crippen molar-refractivity contribution in [2.45, 2.75) is 33.2 Å². The molecule has 1 N–H and O–H groups in total. The number of rotatable bonds is 3. The van der Waals surface area contributed by atoms with Crippen molar-refractivity contribution in [3.05, 3.63) is 52.1 Å². The summed E-state index contributed by atoms with van der Waals surface area (Å²) in [6, 6.07) is 6.43. The molecule has 0 saturated carbocycles. The molecule has 1 aliphatic heterocycles. The Kier molecular flexibility index (Phi) is 4.78. The Balaban J connectivity index is 1.74. The maximum atomic E-state index is 12.9. The van der Waals surface area contributed by atoms with Crippen molar-refractivity contribution in [3.8, 4) is 17.0 Å². The van der Waals surface area contributed by atoms with Gasteiger partial charge in [-0.1, -0.05) is 19.1 Å². The Morgan fingerprint density at radius 2 is 2.06 bits per heavy atom. The van der Waals surface area contributed by atoms with Crippen LogP contribution in [0.15, 0.2) is 35.4 Å². The molecular weight excluding hydrogens is 392 g/mol. The average Bonchev–Trinajstić information content (AvgIpc) is 3.20.